The van der Waals surface area contributed by atoms with Crippen LogP contribution in [0.5, 0.6) is 0 Å². The minimum Gasteiger partial charge on any atom is -0.467 e. The third kappa shape index (κ3) is 3.81. The summed E-state index contributed by atoms with van der Waals surface area (Å²) in [5, 5.41) is 0.970. The van der Waals surface area contributed by atoms with Gasteiger partial charge in [-0.15, -0.1) is 0 Å². The van der Waals surface area contributed by atoms with Crippen molar-refractivity contribution in [1.29, 1.82) is 0 Å². The number of carbonyl (C=O) groups is 1. The molecule has 0 saturated carbocycles. The summed E-state index contributed by atoms with van der Waals surface area (Å²) < 4.78 is 28.7. The van der Waals surface area contributed by atoms with Crippen LogP contribution in [0.3, 0.4) is 0 Å². The van der Waals surface area contributed by atoms with Crippen molar-refractivity contribution in [2.45, 2.75) is 33.2 Å². The number of ether oxygens (including phenoxy) is 1. The SMILES string of the molecule is COC(=O)[C@H](Cc1c[nH]c2ccccc12)N(c1c(C)cc(C)cc1C)S(=O)O. The predicted octanol–water partition coefficient (Wildman–Crippen LogP) is 3.82. The molecule has 2 N–H and O–H groups in total. The van der Waals surface area contributed by atoms with Gasteiger partial charge in [0.25, 0.3) is 11.3 Å². The number of carbonyl (C=O) groups excluding carboxylic acids is 1. The number of aromatic amines is 1. The summed E-state index contributed by atoms with van der Waals surface area (Å²) >= 11 is -2.41. The Morgan fingerprint density at radius 3 is 2.46 bits per heavy atom. The Morgan fingerprint density at radius 2 is 1.86 bits per heavy atom. The fraction of sp³-hybridized carbons (Fsp3) is 0.286. The summed E-state index contributed by atoms with van der Waals surface area (Å²) in [6, 6.07) is 10.7. The standard InChI is InChI=1S/C21H24N2O4S/c1-13-9-14(2)20(15(3)10-13)23(28(25)26)19(21(24)27-4)11-16-12-22-18-8-6-5-7-17(16)18/h5-10,12,19,22H,11H2,1-4H3,(H,25,26)/t19-/m0/s1. The minimum atomic E-state index is -2.41. The number of methoxy groups -OCH3 is 1. The van der Waals surface area contributed by atoms with E-state index in [9.17, 15) is 13.6 Å². The first kappa shape index (κ1) is 20.1. The second-order valence-corrected chi connectivity index (χ2v) is 7.76. The fourth-order valence-corrected chi connectivity index (χ4v) is 4.59. The van der Waals surface area contributed by atoms with Crippen LogP contribution < -0.4 is 4.31 Å². The number of H-pyrrole nitrogens is 1. The highest BCUT2D eigenvalue weighted by atomic mass is 32.2. The quantitative estimate of drug-likeness (QED) is 0.487. The predicted molar refractivity (Wildman–Crippen MR) is 112 cm³/mol. The number of hydrogen-bond acceptors (Lipinski definition) is 3. The molecular formula is C21H24N2O4S. The van der Waals surface area contributed by atoms with Crippen molar-refractivity contribution in [3.8, 4) is 0 Å². The minimum absolute atomic E-state index is 0.232. The zero-order valence-electron chi connectivity index (χ0n) is 16.4. The van der Waals surface area contributed by atoms with E-state index in [0.717, 1.165) is 33.2 Å². The van der Waals surface area contributed by atoms with Crippen LogP contribution >= 0.6 is 0 Å². The number of hydrogen-bond donors (Lipinski definition) is 2. The molecule has 6 nitrogen and oxygen atoms in total. The van der Waals surface area contributed by atoms with Crippen molar-refractivity contribution in [3.63, 3.8) is 0 Å². The largest absolute Gasteiger partial charge is 0.467 e. The molecule has 148 valence electrons. The van der Waals surface area contributed by atoms with Crippen LogP contribution in [-0.4, -0.2) is 32.9 Å². The highest BCUT2D eigenvalue weighted by Gasteiger charge is 2.33. The number of anilines is 1. The number of rotatable bonds is 6. The van der Waals surface area contributed by atoms with Gasteiger partial charge >= 0.3 is 5.97 Å². The number of aromatic nitrogens is 1. The highest BCUT2D eigenvalue weighted by Crippen LogP contribution is 2.31. The number of nitrogens with zero attached hydrogens (tertiary/aromatic N) is 1. The van der Waals surface area contributed by atoms with Gasteiger partial charge in [0.1, 0.15) is 6.04 Å². The second-order valence-electron chi connectivity index (χ2n) is 6.91. The van der Waals surface area contributed by atoms with Gasteiger partial charge in [-0.05, 0) is 43.5 Å². The summed E-state index contributed by atoms with van der Waals surface area (Å²) in [7, 11) is 1.29. The first-order chi connectivity index (χ1) is 13.3. The molecule has 0 bridgehead atoms. The van der Waals surface area contributed by atoms with Gasteiger partial charge in [0.05, 0.1) is 12.8 Å². The fourth-order valence-electron chi connectivity index (χ4n) is 3.77. The summed E-state index contributed by atoms with van der Waals surface area (Å²) in [5.74, 6) is -0.563. The van der Waals surface area contributed by atoms with Gasteiger partial charge in [-0.2, -0.15) is 0 Å². The molecule has 2 aromatic carbocycles. The van der Waals surface area contributed by atoms with Crippen molar-refractivity contribution in [3.05, 3.63) is 64.8 Å². The van der Waals surface area contributed by atoms with Crippen LogP contribution in [0.25, 0.3) is 10.9 Å². The third-order valence-corrected chi connectivity index (χ3v) is 5.64. The molecule has 28 heavy (non-hydrogen) atoms. The zero-order valence-corrected chi connectivity index (χ0v) is 17.2. The van der Waals surface area contributed by atoms with E-state index in [0.29, 0.717) is 5.69 Å². The number of para-hydroxylation sites is 1. The van der Waals surface area contributed by atoms with Gasteiger partial charge < -0.3 is 9.72 Å². The Bertz CT molecular complexity index is 1020. The van der Waals surface area contributed by atoms with Gasteiger partial charge in [-0.25, -0.2) is 9.00 Å². The molecule has 0 fully saturated rings. The monoisotopic (exact) mass is 400 g/mol. The topological polar surface area (TPSA) is 82.6 Å². The maximum Gasteiger partial charge on any atom is 0.330 e. The van der Waals surface area contributed by atoms with Crippen molar-refractivity contribution < 1.29 is 18.3 Å². The second kappa shape index (κ2) is 8.16. The Morgan fingerprint density at radius 1 is 1.21 bits per heavy atom. The van der Waals surface area contributed by atoms with Crippen LogP contribution in [0, 0.1) is 20.8 Å². The lowest BCUT2D eigenvalue weighted by Gasteiger charge is -2.30. The molecule has 0 aliphatic heterocycles. The number of nitrogens with one attached hydrogen (secondary N) is 1. The van der Waals surface area contributed by atoms with Crippen LogP contribution in [0.2, 0.25) is 0 Å². The Kier molecular flexibility index (Phi) is 5.86. The van der Waals surface area contributed by atoms with Crippen molar-refractivity contribution >= 4 is 33.8 Å². The lowest BCUT2D eigenvalue weighted by Crippen LogP contribution is -2.45. The van der Waals surface area contributed by atoms with E-state index in [2.05, 4.69) is 4.98 Å². The molecule has 0 aliphatic carbocycles. The summed E-state index contributed by atoms with van der Waals surface area (Å²) in [5.41, 5.74) is 5.10. The molecule has 0 saturated heterocycles. The number of esters is 1. The van der Waals surface area contributed by atoms with Crippen molar-refractivity contribution in [1.82, 2.24) is 4.98 Å². The van der Waals surface area contributed by atoms with Gasteiger partial charge in [0, 0.05) is 23.5 Å². The van der Waals surface area contributed by atoms with E-state index < -0.39 is 23.3 Å². The van der Waals surface area contributed by atoms with Crippen molar-refractivity contribution in [2.24, 2.45) is 0 Å². The van der Waals surface area contributed by atoms with Gasteiger partial charge in [-0.3, -0.25) is 8.86 Å². The van der Waals surface area contributed by atoms with Gasteiger partial charge in [0.15, 0.2) is 0 Å². The summed E-state index contributed by atoms with van der Waals surface area (Å²) in [6.45, 7) is 5.71. The van der Waals surface area contributed by atoms with E-state index in [4.69, 9.17) is 4.74 Å². The Balaban J connectivity index is 2.11. The Hall–Kier alpha value is -2.64. The number of benzene rings is 2. The molecule has 3 rings (SSSR count). The third-order valence-electron chi connectivity index (χ3n) is 4.87. The normalized spacial score (nSPS) is 13.3. The van der Waals surface area contributed by atoms with Gasteiger partial charge in [-0.1, -0.05) is 35.9 Å². The zero-order chi connectivity index (χ0) is 20.4. The highest BCUT2D eigenvalue weighted by molar-refractivity contribution is 7.80. The van der Waals surface area contributed by atoms with Crippen LogP contribution in [0.1, 0.15) is 22.3 Å². The van der Waals surface area contributed by atoms with Crippen LogP contribution in [-0.2, 0) is 27.2 Å². The molecule has 0 spiro atoms. The Labute approximate surface area is 166 Å². The lowest BCUT2D eigenvalue weighted by atomic mass is 10.0. The maximum atomic E-state index is 12.7. The molecule has 2 atom stereocenters. The number of fused-ring (bicyclic) bond motifs is 1. The van der Waals surface area contributed by atoms with Crippen molar-refractivity contribution in [2.75, 3.05) is 11.4 Å². The first-order valence-electron chi connectivity index (χ1n) is 8.94. The van der Waals surface area contributed by atoms with Crippen LogP contribution in [0.4, 0.5) is 5.69 Å². The molecule has 0 aliphatic rings. The van der Waals surface area contributed by atoms with Crippen LogP contribution in [0.15, 0.2) is 42.6 Å². The van der Waals surface area contributed by atoms with E-state index >= 15 is 0 Å². The molecule has 7 heteroatoms. The molecule has 1 unspecified atom stereocenters. The van der Waals surface area contributed by atoms with E-state index in [1.54, 1.807) is 0 Å². The summed E-state index contributed by atoms with van der Waals surface area (Å²) in [6.07, 6.45) is 2.06. The number of aryl methyl sites for hydroxylation is 3. The first-order valence-corrected chi connectivity index (χ1v) is 10.0. The smallest absolute Gasteiger partial charge is 0.330 e. The average molecular weight is 401 g/mol. The molecule has 0 radical (unpaired) electrons. The van der Waals surface area contributed by atoms with E-state index in [1.807, 2.05) is 63.4 Å². The molecule has 0 amide bonds. The molecule has 1 aromatic heterocycles. The molecule has 3 aromatic rings. The summed E-state index contributed by atoms with van der Waals surface area (Å²) in [4.78, 5) is 15.8. The van der Waals surface area contributed by atoms with E-state index in [-0.39, 0.29) is 6.42 Å². The molecular weight excluding hydrogens is 376 g/mol. The average Bonchev–Trinajstić information content (AvgIpc) is 3.05. The lowest BCUT2D eigenvalue weighted by molar-refractivity contribution is -0.141. The van der Waals surface area contributed by atoms with E-state index in [1.165, 1.54) is 11.4 Å². The van der Waals surface area contributed by atoms with Gasteiger partial charge in [0.2, 0.25) is 0 Å². The molecule has 1 heterocycles. The maximum absolute atomic E-state index is 12.7.